The van der Waals surface area contributed by atoms with E-state index in [4.69, 9.17) is 16.2 Å². The molecule has 0 unspecified atom stereocenters. The molecule has 0 atom stereocenters. The maximum absolute atomic E-state index is 10.0. The lowest BCUT2D eigenvalue weighted by Crippen LogP contribution is -2.18. The summed E-state index contributed by atoms with van der Waals surface area (Å²) in [4.78, 5) is 19.6. The zero-order chi connectivity index (χ0) is 31.6. The van der Waals surface area contributed by atoms with Gasteiger partial charge in [0.05, 0.1) is 55.2 Å². The number of hydrogen-bond acceptors (Lipinski definition) is 7. The Morgan fingerprint density at radius 1 is 0.630 bits per heavy atom. The molecular weight excluding hydrogens is 609 g/mol. The lowest BCUT2D eigenvalue weighted by atomic mass is 10.0. The number of fused-ring (bicyclic) bond motifs is 4. The van der Waals surface area contributed by atoms with Crippen molar-refractivity contribution in [3.05, 3.63) is 136 Å². The van der Waals surface area contributed by atoms with Gasteiger partial charge < -0.3 is 0 Å². The third-order valence-electron chi connectivity index (χ3n) is 7.73. The molecule has 0 aromatic heterocycles. The molecule has 46 heavy (non-hydrogen) atoms. The van der Waals surface area contributed by atoms with Gasteiger partial charge in [-0.2, -0.15) is 5.26 Å². The summed E-state index contributed by atoms with van der Waals surface area (Å²) in [6.45, 7) is 7.87. The second-order valence-corrected chi connectivity index (χ2v) is 12.6. The van der Waals surface area contributed by atoms with Crippen molar-refractivity contribution in [3.63, 3.8) is 0 Å². The van der Waals surface area contributed by atoms with E-state index in [2.05, 4.69) is 35.2 Å². The summed E-state index contributed by atoms with van der Waals surface area (Å²) in [6.07, 6.45) is 7.76. The standard InChI is InChI=1S/C38H26N4O2S2/c1-40-30-23-27(16-12-25-14-18-33-37(20-25)45-35-10-6-4-8-31(35)41(33)43-2)29(24-39)22-28(30)17-13-26-15-19-34-38(21-26)46-36-11-7-5-9-32(36)42(34)44-3/h4-23H,2-3H3/b16-12+,17-13+. The van der Waals surface area contributed by atoms with Crippen molar-refractivity contribution in [3.8, 4) is 6.07 Å². The normalized spacial score (nSPS) is 13.1. The number of hydrogen-bond donors (Lipinski definition) is 0. The minimum absolute atomic E-state index is 0.482. The fraction of sp³-hybridized carbons (Fsp3) is 0.0526. The molecule has 2 aliphatic heterocycles. The lowest BCUT2D eigenvalue weighted by molar-refractivity contribution is 0.198. The zero-order valence-corrected chi connectivity index (χ0v) is 26.6. The molecule has 7 rings (SSSR count). The highest BCUT2D eigenvalue weighted by molar-refractivity contribution is 8.00. The smallest absolute Gasteiger partial charge is 0.194 e. The Labute approximate surface area is 276 Å². The molecule has 0 spiro atoms. The monoisotopic (exact) mass is 634 g/mol. The summed E-state index contributed by atoms with van der Waals surface area (Å²) in [7, 11) is 3.34. The zero-order valence-electron chi connectivity index (χ0n) is 25.0. The average molecular weight is 635 g/mol. The highest BCUT2D eigenvalue weighted by Crippen LogP contribution is 2.49. The largest absolute Gasteiger partial charge is 0.272 e. The molecular formula is C38H26N4O2S2. The van der Waals surface area contributed by atoms with Crippen LogP contribution >= 0.6 is 23.5 Å². The summed E-state index contributed by atoms with van der Waals surface area (Å²) in [6, 6.07) is 34.5. The molecule has 0 aliphatic carbocycles. The Morgan fingerprint density at radius 2 is 1.13 bits per heavy atom. The van der Waals surface area contributed by atoms with E-state index in [-0.39, 0.29) is 0 Å². The van der Waals surface area contributed by atoms with E-state index in [1.54, 1.807) is 49.9 Å². The van der Waals surface area contributed by atoms with Gasteiger partial charge in [-0.25, -0.2) is 15.0 Å². The van der Waals surface area contributed by atoms with E-state index in [0.717, 1.165) is 53.5 Å². The molecule has 5 aromatic carbocycles. The van der Waals surface area contributed by atoms with Crippen molar-refractivity contribution in [2.45, 2.75) is 19.6 Å². The molecule has 6 nitrogen and oxygen atoms in total. The van der Waals surface area contributed by atoms with Crippen molar-refractivity contribution in [1.82, 2.24) is 0 Å². The van der Waals surface area contributed by atoms with Crippen LogP contribution in [0.5, 0.6) is 0 Å². The third kappa shape index (κ3) is 5.45. The predicted octanol–water partition coefficient (Wildman–Crippen LogP) is 10.8. The molecule has 0 radical (unpaired) electrons. The molecule has 2 aliphatic rings. The van der Waals surface area contributed by atoms with Crippen molar-refractivity contribution >= 4 is 76.3 Å². The van der Waals surface area contributed by atoms with E-state index >= 15 is 0 Å². The van der Waals surface area contributed by atoms with Gasteiger partial charge in [0.15, 0.2) is 5.69 Å². The number of benzene rings is 5. The fourth-order valence-corrected chi connectivity index (χ4v) is 7.72. The van der Waals surface area contributed by atoms with Gasteiger partial charge in [-0.15, -0.1) is 0 Å². The maximum Gasteiger partial charge on any atom is 0.194 e. The molecule has 0 fully saturated rings. The number of nitrogens with zero attached hydrogens (tertiary/aromatic N) is 4. The van der Waals surface area contributed by atoms with Crippen molar-refractivity contribution in [2.24, 2.45) is 0 Å². The average Bonchev–Trinajstić information content (AvgIpc) is 3.10. The Hall–Kier alpha value is -5.22. The van der Waals surface area contributed by atoms with Gasteiger partial charge in [0, 0.05) is 19.6 Å². The predicted molar refractivity (Wildman–Crippen MR) is 188 cm³/mol. The van der Waals surface area contributed by atoms with E-state index in [1.165, 1.54) is 0 Å². The Kier molecular flexibility index (Phi) is 8.11. The Balaban J connectivity index is 1.15. The van der Waals surface area contributed by atoms with Crippen LogP contribution in [0.25, 0.3) is 29.1 Å². The van der Waals surface area contributed by atoms with Gasteiger partial charge >= 0.3 is 0 Å². The van der Waals surface area contributed by atoms with Gasteiger partial charge in [-0.3, -0.25) is 9.68 Å². The van der Waals surface area contributed by atoms with Crippen LogP contribution in [0.4, 0.5) is 28.4 Å². The van der Waals surface area contributed by atoms with Crippen molar-refractivity contribution in [1.29, 1.82) is 5.26 Å². The second-order valence-electron chi connectivity index (χ2n) is 10.4. The number of nitriles is 1. The summed E-state index contributed by atoms with van der Waals surface area (Å²) in [5.74, 6) is 0. The van der Waals surface area contributed by atoms with Crippen LogP contribution in [0.3, 0.4) is 0 Å². The third-order valence-corrected chi connectivity index (χ3v) is 9.95. The summed E-state index contributed by atoms with van der Waals surface area (Å²) < 4.78 is 0. The molecule has 2 heterocycles. The topological polar surface area (TPSA) is 53.1 Å². The van der Waals surface area contributed by atoms with Gasteiger partial charge in [0.25, 0.3) is 0 Å². The van der Waals surface area contributed by atoms with Crippen LogP contribution in [-0.4, -0.2) is 14.2 Å². The van der Waals surface area contributed by atoms with Crippen LogP contribution in [0.15, 0.2) is 117 Å². The molecule has 8 heteroatoms. The minimum atomic E-state index is 0.482. The van der Waals surface area contributed by atoms with Crippen molar-refractivity contribution in [2.75, 3.05) is 24.3 Å². The van der Waals surface area contributed by atoms with E-state index in [0.29, 0.717) is 22.4 Å². The van der Waals surface area contributed by atoms with Gasteiger partial charge in [0.1, 0.15) is 0 Å². The molecule has 0 amide bonds. The van der Waals surface area contributed by atoms with Crippen LogP contribution < -0.4 is 10.1 Å². The lowest BCUT2D eigenvalue weighted by Gasteiger charge is -2.30. The molecule has 0 bridgehead atoms. The van der Waals surface area contributed by atoms with Crippen LogP contribution in [0, 0.1) is 17.9 Å². The molecule has 0 N–H and O–H groups in total. The number of rotatable bonds is 6. The second kappa shape index (κ2) is 12.6. The molecule has 5 aromatic rings. The SMILES string of the molecule is [C-]#[N+]c1cc(/C=C/c2ccc3c(c2)Sc2ccccc2N3OC)c(C#N)cc1/C=C/c1ccc2c(c1)Sc1ccccc1N2OC. The molecule has 0 saturated heterocycles. The summed E-state index contributed by atoms with van der Waals surface area (Å²) >= 11 is 3.40. The molecule has 222 valence electrons. The van der Waals surface area contributed by atoms with Crippen LogP contribution in [-0.2, 0) is 9.68 Å². The Bertz CT molecular complexity index is 1990. The van der Waals surface area contributed by atoms with Crippen molar-refractivity contribution < 1.29 is 9.68 Å². The van der Waals surface area contributed by atoms with Gasteiger partial charge in [-0.05, 0) is 82.9 Å². The molecule has 0 saturated carbocycles. The number of para-hydroxylation sites is 2. The fourth-order valence-electron chi connectivity index (χ4n) is 5.54. The first-order valence-electron chi connectivity index (χ1n) is 14.4. The van der Waals surface area contributed by atoms with Crippen LogP contribution in [0.2, 0.25) is 0 Å². The Morgan fingerprint density at radius 3 is 1.63 bits per heavy atom. The highest BCUT2D eigenvalue weighted by atomic mass is 32.2. The first kappa shape index (κ1) is 29.5. The van der Waals surface area contributed by atoms with E-state index in [1.807, 2.05) is 95.1 Å². The first-order valence-corrected chi connectivity index (χ1v) is 16.1. The van der Waals surface area contributed by atoms with Crippen LogP contribution in [0.1, 0.15) is 27.8 Å². The van der Waals surface area contributed by atoms with Gasteiger partial charge in [0.2, 0.25) is 0 Å². The highest BCUT2D eigenvalue weighted by Gasteiger charge is 2.24. The van der Waals surface area contributed by atoms with E-state index in [9.17, 15) is 5.26 Å². The minimum Gasteiger partial charge on any atom is -0.272 e. The van der Waals surface area contributed by atoms with E-state index < -0.39 is 0 Å². The maximum atomic E-state index is 10.0. The summed E-state index contributed by atoms with van der Waals surface area (Å²) in [5.41, 5.74) is 8.33. The number of anilines is 4. The first-order chi connectivity index (χ1) is 22.6. The summed E-state index contributed by atoms with van der Waals surface area (Å²) in [5, 5.41) is 13.7. The quantitative estimate of drug-likeness (QED) is 0.136. The van der Waals surface area contributed by atoms with Gasteiger partial charge in [-0.1, -0.05) is 84.2 Å².